The molecule has 3 rings (SSSR count). The standard InChI is InChI=1S/C19H17F2NO4/c20-14-7-6-13(10-15(14)21)26-16(12-4-2-1-3-5-12)17(23)22-11-19(8-9-19)18(24)25/h1-7,10,16H,8-9,11H2,(H,22,23)(H,24,25). The Balaban J connectivity index is 1.78. The van der Waals surface area contributed by atoms with Gasteiger partial charge in [0.15, 0.2) is 11.6 Å². The van der Waals surface area contributed by atoms with Gasteiger partial charge < -0.3 is 15.2 Å². The van der Waals surface area contributed by atoms with Crippen LogP contribution >= 0.6 is 0 Å². The number of ether oxygens (including phenoxy) is 1. The minimum atomic E-state index is -1.12. The van der Waals surface area contributed by atoms with Gasteiger partial charge in [0.05, 0.1) is 5.41 Å². The summed E-state index contributed by atoms with van der Waals surface area (Å²) in [5.74, 6) is -3.61. The predicted octanol–water partition coefficient (Wildman–Crippen LogP) is 3.07. The van der Waals surface area contributed by atoms with Crippen molar-refractivity contribution >= 4 is 11.9 Å². The van der Waals surface area contributed by atoms with Crippen LogP contribution in [0.2, 0.25) is 0 Å². The van der Waals surface area contributed by atoms with Crippen molar-refractivity contribution in [2.75, 3.05) is 6.54 Å². The van der Waals surface area contributed by atoms with Crippen molar-refractivity contribution in [2.24, 2.45) is 5.41 Å². The lowest BCUT2D eigenvalue weighted by atomic mass is 10.1. The molecule has 1 fully saturated rings. The number of carboxylic acids is 1. The van der Waals surface area contributed by atoms with E-state index in [1.165, 1.54) is 6.07 Å². The molecular formula is C19H17F2NO4. The molecule has 2 aromatic carbocycles. The first kappa shape index (κ1) is 17.8. The topological polar surface area (TPSA) is 75.6 Å². The highest BCUT2D eigenvalue weighted by molar-refractivity contribution is 5.84. The van der Waals surface area contributed by atoms with E-state index in [9.17, 15) is 23.5 Å². The van der Waals surface area contributed by atoms with Crippen molar-refractivity contribution in [1.82, 2.24) is 5.32 Å². The minimum Gasteiger partial charge on any atom is -0.481 e. The number of nitrogens with one attached hydrogen (secondary N) is 1. The summed E-state index contributed by atoms with van der Waals surface area (Å²) in [5, 5.41) is 11.8. The molecule has 0 aliphatic heterocycles. The zero-order valence-electron chi connectivity index (χ0n) is 13.7. The van der Waals surface area contributed by atoms with Crippen molar-refractivity contribution < 1.29 is 28.2 Å². The molecule has 5 nitrogen and oxygen atoms in total. The third kappa shape index (κ3) is 3.82. The van der Waals surface area contributed by atoms with E-state index < -0.39 is 35.0 Å². The maximum Gasteiger partial charge on any atom is 0.311 e. The maximum absolute atomic E-state index is 13.4. The third-order valence-electron chi connectivity index (χ3n) is 4.39. The highest BCUT2D eigenvalue weighted by Crippen LogP contribution is 2.45. The molecule has 7 heteroatoms. The van der Waals surface area contributed by atoms with Gasteiger partial charge in [-0.2, -0.15) is 0 Å². The number of rotatable bonds is 7. The van der Waals surface area contributed by atoms with Crippen LogP contribution in [0.15, 0.2) is 48.5 Å². The van der Waals surface area contributed by atoms with E-state index in [-0.39, 0.29) is 12.3 Å². The quantitative estimate of drug-likeness (QED) is 0.795. The Morgan fingerprint density at radius 2 is 1.81 bits per heavy atom. The molecular weight excluding hydrogens is 344 g/mol. The van der Waals surface area contributed by atoms with Gasteiger partial charge in [-0.15, -0.1) is 0 Å². The van der Waals surface area contributed by atoms with Crippen LogP contribution in [0, 0.1) is 17.0 Å². The Labute approximate surface area is 148 Å². The summed E-state index contributed by atoms with van der Waals surface area (Å²) in [7, 11) is 0. The highest BCUT2D eigenvalue weighted by atomic mass is 19.2. The first-order chi connectivity index (χ1) is 12.4. The largest absolute Gasteiger partial charge is 0.481 e. The molecule has 0 saturated heterocycles. The van der Waals surface area contributed by atoms with E-state index in [1.54, 1.807) is 30.3 Å². The average molecular weight is 361 g/mol. The molecule has 0 radical (unpaired) electrons. The van der Waals surface area contributed by atoms with Crippen LogP contribution in [0.25, 0.3) is 0 Å². The number of hydrogen-bond acceptors (Lipinski definition) is 3. The maximum atomic E-state index is 13.4. The fourth-order valence-electron chi connectivity index (χ4n) is 2.55. The molecule has 0 bridgehead atoms. The van der Waals surface area contributed by atoms with Gasteiger partial charge in [-0.25, -0.2) is 8.78 Å². The van der Waals surface area contributed by atoms with Gasteiger partial charge in [0.25, 0.3) is 5.91 Å². The molecule has 0 heterocycles. The van der Waals surface area contributed by atoms with Gasteiger partial charge in [0.2, 0.25) is 6.10 Å². The van der Waals surface area contributed by atoms with E-state index in [0.29, 0.717) is 18.4 Å². The van der Waals surface area contributed by atoms with Crippen LogP contribution in [0.1, 0.15) is 24.5 Å². The summed E-state index contributed by atoms with van der Waals surface area (Å²) in [5.41, 5.74) is -0.409. The van der Waals surface area contributed by atoms with E-state index in [2.05, 4.69) is 5.32 Å². The van der Waals surface area contributed by atoms with Crippen LogP contribution in [0.5, 0.6) is 5.75 Å². The lowest BCUT2D eigenvalue weighted by molar-refractivity contribution is -0.143. The Hall–Kier alpha value is -2.96. The zero-order chi connectivity index (χ0) is 18.7. The Kier molecular flexibility index (Phi) is 4.88. The minimum absolute atomic E-state index is 0.00715. The van der Waals surface area contributed by atoms with Crippen LogP contribution in [0.3, 0.4) is 0 Å². The number of carboxylic acid groups (broad SMARTS) is 1. The number of carbonyl (C=O) groups is 2. The van der Waals surface area contributed by atoms with E-state index in [4.69, 9.17) is 4.74 Å². The Morgan fingerprint density at radius 3 is 2.38 bits per heavy atom. The molecule has 26 heavy (non-hydrogen) atoms. The number of benzene rings is 2. The Morgan fingerprint density at radius 1 is 1.12 bits per heavy atom. The number of carbonyl (C=O) groups excluding carboxylic acids is 1. The first-order valence-electron chi connectivity index (χ1n) is 8.09. The van der Waals surface area contributed by atoms with Crippen LogP contribution in [0.4, 0.5) is 8.78 Å². The smallest absolute Gasteiger partial charge is 0.311 e. The van der Waals surface area contributed by atoms with Crippen LogP contribution < -0.4 is 10.1 Å². The van der Waals surface area contributed by atoms with E-state index in [1.807, 2.05) is 0 Å². The van der Waals surface area contributed by atoms with E-state index >= 15 is 0 Å². The second-order valence-corrected chi connectivity index (χ2v) is 6.29. The molecule has 0 aromatic heterocycles. The number of hydrogen-bond donors (Lipinski definition) is 2. The second-order valence-electron chi connectivity index (χ2n) is 6.29. The highest BCUT2D eigenvalue weighted by Gasteiger charge is 2.50. The van der Waals surface area contributed by atoms with Gasteiger partial charge in [0.1, 0.15) is 5.75 Å². The van der Waals surface area contributed by atoms with Crippen molar-refractivity contribution in [2.45, 2.75) is 18.9 Å². The van der Waals surface area contributed by atoms with Crippen LogP contribution in [-0.2, 0) is 9.59 Å². The fourth-order valence-corrected chi connectivity index (χ4v) is 2.55. The molecule has 2 N–H and O–H groups in total. The molecule has 1 aliphatic carbocycles. The molecule has 1 saturated carbocycles. The van der Waals surface area contributed by atoms with Crippen LogP contribution in [-0.4, -0.2) is 23.5 Å². The fraction of sp³-hybridized carbons (Fsp3) is 0.263. The van der Waals surface area contributed by atoms with Gasteiger partial charge >= 0.3 is 5.97 Å². The molecule has 136 valence electrons. The third-order valence-corrected chi connectivity index (χ3v) is 4.39. The number of aliphatic carboxylic acids is 1. The average Bonchev–Trinajstić information content (AvgIpc) is 3.43. The molecule has 1 atom stereocenters. The van der Waals surface area contributed by atoms with Crippen molar-refractivity contribution in [3.63, 3.8) is 0 Å². The summed E-state index contributed by atoms with van der Waals surface area (Å²) >= 11 is 0. The lowest BCUT2D eigenvalue weighted by Crippen LogP contribution is -2.38. The summed E-state index contributed by atoms with van der Waals surface area (Å²) in [4.78, 5) is 23.8. The van der Waals surface area contributed by atoms with Crippen molar-refractivity contribution in [3.8, 4) is 5.75 Å². The van der Waals surface area contributed by atoms with Gasteiger partial charge in [-0.3, -0.25) is 9.59 Å². The van der Waals surface area contributed by atoms with Crippen molar-refractivity contribution in [1.29, 1.82) is 0 Å². The first-order valence-corrected chi connectivity index (χ1v) is 8.09. The predicted molar refractivity (Wildman–Crippen MR) is 88.5 cm³/mol. The second kappa shape index (κ2) is 7.11. The lowest BCUT2D eigenvalue weighted by Gasteiger charge is -2.20. The zero-order valence-corrected chi connectivity index (χ0v) is 13.7. The number of halogens is 2. The summed E-state index contributed by atoms with van der Waals surface area (Å²) in [6.45, 7) is -0.00829. The molecule has 2 aromatic rings. The molecule has 1 unspecified atom stereocenters. The normalized spacial score (nSPS) is 15.8. The van der Waals surface area contributed by atoms with Gasteiger partial charge in [0, 0.05) is 18.2 Å². The molecule has 0 spiro atoms. The van der Waals surface area contributed by atoms with Gasteiger partial charge in [-0.05, 0) is 25.0 Å². The molecule has 1 aliphatic rings. The van der Waals surface area contributed by atoms with Gasteiger partial charge in [-0.1, -0.05) is 30.3 Å². The van der Waals surface area contributed by atoms with E-state index in [0.717, 1.165) is 12.1 Å². The monoisotopic (exact) mass is 361 g/mol. The summed E-state index contributed by atoms with van der Waals surface area (Å²) in [6.07, 6.45) is -0.115. The molecule has 1 amide bonds. The summed E-state index contributed by atoms with van der Waals surface area (Å²) < 4.78 is 32.1. The Bertz CT molecular complexity index is 822. The van der Waals surface area contributed by atoms with Crippen molar-refractivity contribution in [3.05, 3.63) is 65.7 Å². The summed E-state index contributed by atoms with van der Waals surface area (Å²) in [6, 6.07) is 11.5. The SMILES string of the molecule is O=C(NCC1(C(=O)O)CC1)C(Oc1ccc(F)c(F)c1)c1ccccc1. The number of amides is 1.